The highest BCUT2D eigenvalue weighted by Gasteiger charge is 2.06. The molecule has 2 nitrogen and oxygen atoms in total. The van der Waals surface area contributed by atoms with Crippen LogP contribution in [0.5, 0.6) is 0 Å². The highest BCUT2D eigenvalue weighted by atomic mass is 35.5. The van der Waals surface area contributed by atoms with Crippen LogP contribution in [0.15, 0.2) is 18.3 Å². The fourth-order valence-corrected chi connectivity index (χ4v) is 1.80. The van der Waals surface area contributed by atoms with Crippen LogP contribution in [0.3, 0.4) is 0 Å². The lowest BCUT2D eigenvalue weighted by Gasteiger charge is -1.98. The van der Waals surface area contributed by atoms with Gasteiger partial charge in [-0.25, -0.2) is 4.98 Å². The monoisotopic (exact) mass is 194 g/mol. The zero-order chi connectivity index (χ0) is 9.42. The summed E-state index contributed by atoms with van der Waals surface area (Å²) in [4.78, 5) is 4.42. The van der Waals surface area contributed by atoms with E-state index in [2.05, 4.69) is 24.0 Å². The average Bonchev–Trinajstić information content (AvgIpc) is 2.39. The number of hydrogen-bond donors (Lipinski definition) is 0. The molecule has 0 radical (unpaired) electrons. The van der Waals surface area contributed by atoms with E-state index in [1.807, 2.05) is 17.5 Å². The van der Waals surface area contributed by atoms with Crippen LogP contribution in [-0.4, -0.2) is 9.38 Å². The smallest absolute Gasteiger partial charge is 0.137 e. The second kappa shape index (κ2) is 3.04. The van der Waals surface area contributed by atoms with Gasteiger partial charge >= 0.3 is 0 Å². The van der Waals surface area contributed by atoms with E-state index in [1.165, 1.54) is 5.56 Å². The first-order chi connectivity index (χ1) is 6.22. The summed E-state index contributed by atoms with van der Waals surface area (Å²) in [5.41, 5.74) is 4.30. The van der Waals surface area contributed by atoms with E-state index >= 15 is 0 Å². The molecule has 0 aromatic carbocycles. The maximum atomic E-state index is 5.83. The zero-order valence-corrected chi connectivity index (χ0v) is 8.47. The van der Waals surface area contributed by atoms with Crippen LogP contribution in [0, 0.1) is 13.8 Å². The Morgan fingerprint density at radius 2 is 2.23 bits per heavy atom. The molecule has 13 heavy (non-hydrogen) atoms. The molecule has 0 bridgehead atoms. The molecule has 0 saturated heterocycles. The van der Waals surface area contributed by atoms with Crippen LogP contribution in [-0.2, 0) is 5.88 Å². The van der Waals surface area contributed by atoms with E-state index in [4.69, 9.17) is 11.6 Å². The third-order valence-corrected chi connectivity index (χ3v) is 2.46. The molecule has 68 valence electrons. The number of hydrogen-bond acceptors (Lipinski definition) is 1. The van der Waals surface area contributed by atoms with Gasteiger partial charge in [-0.1, -0.05) is 0 Å². The number of aromatic nitrogens is 2. The Bertz CT molecular complexity index is 445. The van der Waals surface area contributed by atoms with Gasteiger partial charge in [0, 0.05) is 6.20 Å². The fraction of sp³-hybridized carbons (Fsp3) is 0.300. The van der Waals surface area contributed by atoms with E-state index in [-0.39, 0.29) is 0 Å². The average molecular weight is 195 g/mol. The van der Waals surface area contributed by atoms with Gasteiger partial charge in [0.25, 0.3) is 0 Å². The van der Waals surface area contributed by atoms with Crippen LogP contribution in [0.2, 0.25) is 0 Å². The van der Waals surface area contributed by atoms with Gasteiger partial charge in [0.2, 0.25) is 0 Å². The molecule has 0 unspecified atom stereocenters. The number of rotatable bonds is 1. The molecule has 0 spiro atoms. The number of imidazole rings is 1. The second-order valence-electron chi connectivity index (χ2n) is 3.21. The molecule has 0 atom stereocenters. The SMILES string of the molecule is Cc1ccn2c(CCl)c(C)nc2c1. The van der Waals surface area contributed by atoms with Crippen LogP contribution in [0.1, 0.15) is 17.0 Å². The van der Waals surface area contributed by atoms with Gasteiger partial charge < -0.3 is 4.40 Å². The first-order valence-electron chi connectivity index (χ1n) is 4.22. The van der Waals surface area contributed by atoms with Crippen molar-refractivity contribution in [3.8, 4) is 0 Å². The molecule has 0 N–H and O–H groups in total. The maximum absolute atomic E-state index is 5.83. The number of nitrogens with zero attached hydrogens (tertiary/aromatic N) is 2. The van der Waals surface area contributed by atoms with Gasteiger partial charge in [0.15, 0.2) is 0 Å². The van der Waals surface area contributed by atoms with Crippen molar-refractivity contribution in [1.29, 1.82) is 0 Å². The number of aryl methyl sites for hydroxylation is 2. The predicted octanol–water partition coefficient (Wildman–Crippen LogP) is 2.69. The Labute approximate surface area is 82.2 Å². The highest BCUT2D eigenvalue weighted by Crippen LogP contribution is 2.14. The molecule has 2 aromatic rings. The lowest BCUT2D eigenvalue weighted by Crippen LogP contribution is -1.90. The molecule has 0 amide bonds. The standard InChI is InChI=1S/C10H11ClN2/c1-7-3-4-13-9(6-11)8(2)12-10(13)5-7/h3-5H,6H2,1-2H3. The molecular weight excluding hydrogens is 184 g/mol. The zero-order valence-electron chi connectivity index (χ0n) is 7.71. The maximum Gasteiger partial charge on any atom is 0.137 e. The van der Waals surface area contributed by atoms with Gasteiger partial charge in [-0.05, 0) is 31.5 Å². The first-order valence-corrected chi connectivity index (χ1v) is 4.76. The van der Waals surface area contributed by atoms with Crippen LogP contribution < -0.4 is 0 Å². The van der Waals surface area contributed by atoms with E-state index in [0.29, 0.717) is 5.88 Å². The van der Waals surface area contributed by atoms with Crippen molar-refractivity contribution < 1.29 is 0 Å². The lowest BCUT2D eigenvalue weighted by atomic mass is 10.3. The Morgan fingerprint density at radius 3 is 2.92 bits per heavy atom. The number of pyridine rings is 1. The molecule has 0 fully saturated rings. The lowest BCUT2D eigenvalue weighted by molar-refractivity contribution is 1.07. The topological polar surface area (TPSA) is 17.3 Å². The molecule has 0 saturated carbocycles. The Kier molecular flexibility index (Phi) is 2.00. The summed E-state index contributed by atoms with van der Waals surface area (Å²) in [6, 6.07) is 4.12. The van der Waals surface area contributed by atoms with Crippen molar-refractivity contribution in [2.45, 2.75) is 19.7 Å². The van der Waals surface area contributed by atoms with E-state index in [0.717, 1.165) is 17.0 Å². The summed E-state index contributed by atoms with van der Waals surface area (Å²) in [6.45, 7) is 4.05. The molecule has 3 heteroatoms. The minimum atomic E-state index is 0.510. The van der Waals surface area contributed by atoms with Crippen LogP contribution in [0.25, 0.3) is 5.65 Å². The van der Waals surface area contributed by atoms with Crippen LogP contribution in [0.4, 0.5) is 0 Å². The number of alkyl halides is 1. The summed E-state index contributed by atoms with van der Waals surface area (Å²) in [5, 5.41) is 0. The van der Waals surface area contributed by atoms with E-state index < -0.39 is 0 Å². The van der Waals surface area contributed by atoms with Crippen molar-refractivity contribution in [3.05, 3.63) is 35.3 Å². The summed E-state index contributed by atoms with van der Waals surface area (Å²) < 4.78 is 2.04. The molecule has 0 aliphatic rings. The summed E-state index contributed by atoms with van der Waals surface area (Å²) >= 11 is 5.83. The van der Waals surface area contributed by atoms with E-state index in [1.54, 1.807) is 0 Å². The minimum absolute atomic E-state index is 0.510. The Morgan fingerprint density at radius 1 is 1.46 bits per heavy atom. The fourth-order valence-electron chi connectivity index (χ4n) is 1.48. The van der Waals surface area contributed by atoms with Gasteiger partial charge in [-0.15, -0.1) is 11.6 Å². The predicted molar refractivity (Wildman–Crippen MR) is 54.2 cm³/mol. The largest absolute Gasteiger partial charge is 0.303 e. The number of fused-ring (bicyclic) bond motifs is 1. The van der Waals surface area contributed by atoms with Gasteiger partial charge in [0.1, 0.15) is 5.65 Å². The third kappa shape index (κ3) is 1.31. The van der Waals surface area contributed by atoms with E-state index in [9.17, 15) is 0 Å². The summed E-state index contributed by atoms with van der Waals surface area (Å²) in [7, 11) is 0. The normalized spacial score (nSPS) is 11.0. The molecule has 2 aromatic heterocycles. The van der Waals surface area contributed by atoms with Crippen molar-refractivity contribution in [2.24, 2.45) is 0 Å². The van der Waals surface area contributed by atoms with Crippen molar-refractivity contribution in [3.63, 3.8) is 0 Å². The molecule has 0 aliphatic carbocycles. The Hall–Kier alpha value is -1.02. The van der Waals surface area contributed by atoms with Gasteiger partial charge in [-0.3, -0.25) is 0 Å². The second-order valence-corrected chi connectivity index (χ2v) is 3.48. The molecular formula is C10H11ClN2. The van der Waals surface area contributed by atoms with Crippen LogP contribution >= 0.6 is 11.6 Å². The quantitative estimate of drug-likeness (QED) is 0.638. The van der Waals surface area contributed by atoms with Crippen molar-refractivity contribution >= 4 is 17.2 Å². The third-order valence-electron chi connectivity index (χ3n) is 2.21. The van der Waals surface area contributed by atoms with Gasteiger partial charge in [0.05, 0.1) is 17.3 Å². The Balaban J connectivity index is 2.79. The minimum Gasteiger partial charge on any atom is -0.303 e. The highest BCUT2D eigenvalue weighted by molar-refractivity contribution is 6.17. The first kappa shape index (κ1) is 8.57. The summed E-state index contributed by atoms with van der Waals surface area (Å²) in [6.07, 6.45) is 2.02. The molecule has 2 rings (SSSR count). The number of halogens is 1. The van der Waals surface area contributed by atoms with Crippen molar-refractivity contribution in [2.75, 3.05) is 0 Å². The van der Waals surface area contributed by atoms with Crippen molar-refractivity contribution in [1.82, 2.24) is 9.38 Å². The molecule has 0 aliphatic heterocycles. The molecule has 2 heterocycles. The van der Waals surface area contributed by atoms with Gasteiger partial charge in [-0.2, -0.15) is 0 Å². The summed E-state index contributed by atoms with van der Waals surface area (Å²) in [5.74, 6) is 0.510.